The molecule has 0 aliphatic heterocycles. The predicted octanol–water partition coefficient (Wildman–Crippen LogP) is 3.82. The predicted molar refractivity (Wildman–Crippen MR) is 95.9 cm³/mol. The standard InChI is InChI=1S/C19H22F2N4O/c1-12(2)10-19(3,22)11-26-17-9-14(20)13(8-15(17)21)16-4-6-23-18-5-7-24-25(16)18/h4-9,12H,10-11,22H2,1-3H3/t19-/m0/s1. The molecule has 1 aromatic carbocycles. The molecule has 26 heavy (non-hydrogen) atoms. The molecule has 2 N–H and O–H groups in total. The Hall–Kier alpha value is -2.54. The van der Waals surface area contributed by atoms with E-state index in [1.807, 2.05) is 20.8 Å². The zero-order chi connectivity index (χ0) is 18.9. The number of benzene rings is 1. The third kappa shape index (κ3) is 3.83. The average molecular weight is 360 g/mol. The van der Waals surface area contributed by atoms with E-state index in [0.29, 0.717) is 23.7 Å². The van der Waals surface area contributed by atoms with Crippen molar-refractivity contribution in [3.8, 4) is 17.0 Å². The van der Waals surface area contributed by atoms with Gasteiger partial charge >= 0.3 is 0 Å². The molecule has 0 spiro atoms. The van der Waals surface area contributed by atoms with Gasteiger partial charge in [-0.3, -0.25) is 0 Å². The van der Waals surface area contributed by atoms with Crippen molar-refractivity contribution in [1.82, 2.24) is 14.6 Å². The van der Waals surface area contributed by atoms with Crippen LogP contribution >= 0.6 is 0 Å². The second kappa shape index (κ2) is 6.99. The first-order valence-electron chi connectivity index (χ1n) is 8.47. The first-order valence-corrected chi connectivity index (χ1v) is 8.47. The van der Waals surface area contributed by atoms with E-state index in [9.17, 15) is 8.78 Å². The highest BCUT2D eigenvalue weighted by atomic mass is 19.1. The van der Waals surface area contributed by atoms with Crippen LogP contribution in [0, 0.1) is 17.6 Å². The van der Waals surface area contributed by atoms with Crippen molar-refractivity contribution in [2.75, 3.05) is 6.61 Å². The second-order valence-electron chi connectivity index (χ2n) is 7.23. The van der Waals surface area contributed by atoms with Crippen LogP contribution in [-0.4, -0.2) is 26.7 Å². The maximum absolute atomic E-state index is 14.6. The van der Waals surface area contributed by atoms with E-state index in [1.54, 1.807) is 18.3 Å². The number of hydrogen-bond donors (Lipinski definition) is 1. The van der Waals surface area contributed by atoms with Crippen LogP contribution in [0.25, 0.3) is 16.9 Å². The van der Waals surface area contributed by atoms with Gasteiger partial charge in [-0.2, -0.15) is 5.10 Å². The highest BCUT2D eigenvalue weighted by Gasteiger charge is 2.23. The summed E-state index contributed by atoms with van der Waals surface area (Å²) >= 11 is 0. The average Bonchev–Trinajstić information content (AvgIpc) is 3.03. The van der Waals surface area contributed by atoms with Crippen molar-refractivity contribution >= 4 is 5.65 Å². The Bertz CT molecular complexity index is 921. The van der Waals surface area contributed by atoms with E-state index in [1.165, 1.54) is 10.7 Å². The van der Waals surface area contributed by atoms with Gasteiger partial charge in [-0.1, -0.05) is 13.8 Å². The molecule has 0 radical (unpaired) electrons. The molecule has 3 rings (SSSR count). The Morgan fingerprint density at radius 2 is 1.96 bits per heavy atom. The fourth-order valence-corrected chi connectivity index (χ4v) is 3.11. The molecule has 0 amide bonds. The van der Waals surface area contributed by atoms with Gasteiger partial charge in [0.05, 0.1) is 11.9 Å². The van der Waals surface area contributed by atoms with Crippen molar-refractivity contribution in [2.24, 2.45) is 11.7 Å². The van der Waals surface area contributed by atoms with Gasteiger partial charge in [0.25, 0.3) is 0 Å². The molecular weight excluding hydrogens is 338 g/mol. The minimum Gasteiger partial charge on any atom is -0.489 e. The topological polar surface area (TPSA) is 65.4 Å². The van der Waals surface area contributed by atoms with Gasteiger partial charge in [-0.25, -0.2) is 18.3 Å². The van der Waals surface area contributed by atoms with Gasteiger partial charge in [0, 0.05) is 29.4 Å². The number of nitrogens with zero attached hydrogens (tertiary/aromatic N) is 3. The molecule has 0 bridgehead atoms. The van der Waals surface area contributed by atoms with Gasteiger partial charge in [0.1, 0.15) is 12.4 Å². The van der Waals surface area contributed by atoms with E-state index in [2.05, 4.69) is 10.1 Å². The molecule has 0 saturated heterocycles. The molecule has 2 heterocycles. The summed E-state index contributed by atoms with van der Waals surface area (Å²) in [5, 5.41) is 4.10. The molecule has 7 heteroatoms. The monoisotopic (exact) mass is 360 g/mol. The number of aromatic nitrogens is 3. The number of nitrogens with two attached hydrogens (primary N) is 1. The van der Waals surface area contributed by atoms with E-state index in [4.69, 9.17) is 10.5 Å². The van der Waals surface area contributed by atoms with Crippen LogP contribution in [0.4, 0.5) is 8.78 Å². The lowest BCUT2D eigenvalue weighted by Gasteiger charge is -2.26. The van der Waals surface area contributed by atoms with Crippen molar-refractivity contribution in [2.45, 2.75) is 32.7 Å². The SMILES string of the molecule is CC(C)C[C@](C)(N)COc1cc(F)c(-c2ccnc3ccnn23)cc1F. The molecule has 3 aromatic rings. The van der Waals surface area contributed by atoms with Crippen LogP contribution in [0.3, 0.4) is 0 Å². The van der Waals surface area contributed by atoms with Gasteiger partial charge in [0.15, 0.2) is 17.2 Å². The zero-order valence-corrected chi connectivity index (χ0v) is 15.0. The summed E-state index contributed by atoms with van der Waals surface area (Å²) in [5.74, 6) is -1.04. The third-order valence-electron chi connectivity index (χ3n) is 4.02. The summed E-state index contributed by atoms with van der Waals surface area (Å²) in [6.45, 7) is 6.02. The highest BCUT2D eigenvalue weighted by molar-refractivity contribution is 5.64. The molecule has 0 fully saturated rings. The smallest absolute Gasteiger partial charge is 0.165 e. The molecular formula is C19H22F2N4O. The van der Waals surface area contributed by atoms with Gasteiger partial charge in [-0.05, 0) is 31.4 Å². The minimum absolute atomic E-state index is 0.0867. The summed E-state index contributed by atoms with van der Waals surface area (Å²) in [5.41, 5.74) is 6.59. The lowest BCUT2D eigenvalue weighted by Crippen LogP contribution is -2.43. The van der Waals surface area contributed by atoms with E-state index in [-0.39, 0.29) is 17.9 Å². The molecule has 0 unspecified atom stereocenters. The zero-order valence-electron chi connectivity index (χ0n) is 15.0. The Balaban J connectivity index is 1.88. The first kappa shape index (κ1) is 18.3. The fourth-order valence-electron chi connectivity index (χ4n) is 3.11. The van der Waals surface area contributed by atoms with Crippen LogP contribution < -0.4 is 10.5 Å². The molecule has 0 aliphatic rings. The van der Waals surface area contributed by atoms with E-state index < -0.39 is 17.2 Å². The minimum atomic E-state index is -0.654. The van der Waals surface area contributed by atoms with Crippen LogP contribution in [0.5, 0.6) is 5.75 Å². The molecule has 1 atom stereocenters. The Morgan fingerprint density at radius 1 is 1.19 bits per heavy atom. The molecule has 5 nitrogen and oxygen atoms in total. The van der Waals surface area contributed by atoms with Crippen LogP contribution in [0.2, 0.25) is 0 Å². The van der Waals surface area contributed by atoms with E-state index in [0.717, 1.165) is 12.1 Å². The number of ether oxygens (including phenoxy) is 1. The number of fused-ring (bicyclic) bond motifs is 1. The van der Waals surface area contributed by atoms with Crippen LogP contribution in [0.1, 0.15) is 27.2 Å². The van der Waals surface area contributed by atoms with Crippen molar-refractivity contribution < 1.29 is 13.5 Å². The first-order chi connectivity index (χ1) is 12.3. The summed E-state index contributed by atoms with van der Waals surface area (Å²) < 4.78 is 36.1. The fraction of sp³-hybridized carbons (Fsp3) is 0.368. The Labute approximate surface area is 150 Å². The molecule has 138 valence electrons. The largest absolute Gasteiger partial charge is 0.489 e. The lowest BCUT2D eigenvalue weighted by atomic mass is 9.93. The van der Waals surface area contributed by atoms with Crippen molar-refractivity contribution in [1.29, 1.82) is 0 Å². The van der Waals surface area contributed by atoms with Gasteiger partial charge in [-0.15, -0.1) is 0 Å². The summed E-state index contributed by atoms with van der Waals surface area (Å²) in [6.07, 6.45) is 3.79. The number of hydrogen-bond acceptors (Lipinski definition) is 4. The van der Waals surface area contributed by atoms with Gasteiger partial charge in [0.2, 0.25) is 0 Å². The van der Waals surface area contributed by atoms with Crippen molar-refractivity contribution in [3.63, 3.8) is 0 Å². The summed E-state index contributed by atoms with van der Waals surface area (Å²) in [7, 11) is 0. The maximum Gasteiger partial charge on any atom is 0.165 e. The van der Waals surface area contributed by atoms with Gasteiger partial charge < -0.3 is 10.5 Å². The number of halogens is 2. The van der Waals surface area contributed by atoms with Crippen LogP contribution in [-0.2, 0) is 0 Å². The Kier molecular flexibility index (Phi) is 4.91. The third-order valence-corrected chi connectivity index (χ3v) is 4.02. The normalized spacial score (nSPS) is 14.0. The highest BCUT2D eigenvalue weighted by Crippen LogP contribution is 2.29. The van der Waals surface area contributed by atoms with E-state index >= 15 is 0 Å². The molecule has 2 aromatic heterocycles. The molecule has 0 saturated carbocycles. The van der Waals surface area contributed by atoms with Crippen molar-refractivity contribution in [3.05, 3.63) is 48.3 Å². The Morgan fingerprint density at radius 3 is 2.69 bits per heavy atom. The lowest BCUT2D eigenvalue weighted by molar-refractivity contribution is 0.199. The second-order valence-corrected chi connectivity index (χ2v) is 7.23. The summed E-state index contributed by atoms with van der Waals surface area (Å²) in [4.78, 5) is 4.12. The maximum atomic E-state index is 14.6. The molecule has 0 aliphatic carbocycles. The number of rotatable bonds is 6. The quantitative estimate of drug-likeness (QED) is 0.726. The summed E-state index contributed by atoms with van der Waals surface area (Å²) in [6, 6.07) is 5.42. The van der Waals surface area contributed by atoms with Crippen LogP contribution in [0.15, 0.2) is 36.7 Å².